The van der Waals surface area contributed by atoms with E-state index in [1.807, 2.05) is 23.1 Å². The first kappa shape index (κ1) is 13.8. The molecule has 2 heterocycles. The average molecular weight is 286 g/mol. The molecule has 5 heteroatoms. The number of ether oxygens (including phenoxy) is 1. The van der Waals surface area contributed by atoms with E-state index < -0.39 is 5.97 Å². The zero-order valence-electron chi connectivity index (χ0n) is 12.0. The van der Waals surface area contributed by atoms with Gasteiger partial charge in [-0.2, -0.15) is 0 Å². The number of carbonyl (C=O) groups is 1. The Labute approximate surface area is 123 Å². The van der Waals surface area contributed by atoms with Crippen LogP contribution in [0, 0.1) is 0 Å². The summed E-state index contributed by atoms with van der Waals surface area (Å²) in [6.07, 6.45) is 0.920. The van der Waals surface area contributed by atoms with Gasteiger partial charge in [-0.25, -0.2) is 9.78 Å². The predicted octanol–water partition coefficient (Wildman–Crippen LogP) is 2.33. The fraction of sp³-hybridized carbons (Fsp3) is 0.375. The van der Waals surface area contributed by atoms with Crippen LogP contribution in [0.4, 0.5) is 5.82 Å². The Morgan fingerprint density at radius 3 is 2.76 bits per heavy atom. The highest BCUT2D eigenvalue weighted by molar-refractivity contribution is 5.98. The van der Waals surface area contributed by atoms with Crippen molar-refractivity contribution >= 4 is 22.7 Å². The molecule has 1 aliphatic rings. The van der Waals surface area contributed by atoms with E-state index in [1.165, 1.54) is 5.56 Å². The molecule has 5 nitrogen and oxygen atoms in total. The SMILES string of the molecule is CCc1ccc2nc(N3CCOCC3)c(C(=O)O)cc2c1. The van der Waals surface area contributed by atoms with Crippen molar-refractivity contribution in [2.24, 2.45) is 0 Å². The van der Waals surface area contributed by atoms with Gasteiger partial charge in [-0.3, -0.25) is 0 Å². The summed E-state index contributed by atoms with van der Waals surface area (Å²) in [7, 11) is 0. The molecule has 110 valence electrons. The van der Waals surface area contributed by atoms with Gasteiger partial charge in [-0.15, -0.1) is 0 Å². The van der Waals surface area contributed by atoms with Crippen molar-refractivity contribution in [1.29, 1.82) is 0 Å². The molecular formula is C16H18N2O3. The van der Waals surface area contributed by atoms with E-state index in [0.717, 1.165) is 17.3 Å². The topological polar surface area (TPSA) is 62.7 Å². The van der Waals surface area contributed by atoms with E-state index in [2.05, 4.69) is 11.9 Å². The number of carboxylic acid groups (broad SMARTS) is 1. The van der Waals surface area contributed by atoms with E-state index in [1.54, 1.807) is 6.07 Å². The number of rotatable bonds is 3. The van der Waals surface area contributed by atoms with Crippen LogP contribution in [0.3, 0.4) is 0 Å². The van der Waals surface area contributed by atoms with Gasteiger partial charge >= 0.3 is 5.97 Å². The molecule has 21 heavy (non-hydrogen) atoms. The van der Waals surface area contributed by atoms with E-state index in [4.69, 9.17) is 4.74 Å². The Morgan fingerprint density at radius 1 is 1.33 bits per heavy atom. The van der Waals surface area contributed by atoms with E-state index >= 15 is 0 Å². The van der Waals surface area contributed by atoms with Crippen molar-refractivity contribution in [2.45, 2.75) is 13.3 Å². The van der Waals surface area contributed by atoms with Gasteiger partial charge in [0.25, 0.3) is 0 Å². The van der Waals surface area contributed by atoms with Crippen LogP contribution in [0.15, 0.2) is 24.3 Å². The summed E-state index contributed by atoms with van der Waals surface area (Å²) in [5.41, 5.74) is 2.27. The number of hydrogen-bond acceptors (Lipinski definition) is 4. The van der Waals surface area contributed by atoms with Crippen molar-refractivity contribution in [3.8, 4) is 0 Å². The molecule has 0 aliphatic carbocycles. The molecule has 1 aliphatic heterocycles. The van der Waals surface area contributed by atoms with Crippen molar-refractivity contribution in [2.75, 3.05) is 31.2 Å². The first-order valence-electron chi connectivity index (χ1n) is 7.18. The number of nitrogens with zero attached hydrogens (tertiary/aromatic N) is 2. The number of aryl methyl sites for hydroxylation is 1. The smallest absolute Gasteiger partial charge is 0.339 e. The van der Waals surface area contributed by atoms with Crippen LogP contribution in [0.5, 0.6) is 0 Å². The number of fused-ring (bicyclic) bond motifs is 1. The molecule has 0 radical (unpaired) electrons. The summed E-state index contributed by atoms with van der Waals surface area (Å²) in [6.45, 7) is 4.63. The summed E-state index contributed by atoms with van der Waals surface area (Å²) in [5.74, 6) is -0.393. The highest BCUT2D eigenvalue weighted by Crippen LogP contribution is 2.25. The van der Waals surface area contributed by atoms with Crippen molar-refractivity contribution in [3.63, 3.8) is 0 Å². The fourth-order valence-corrected chi connectivity index (χ4v) is 2.61. The molecule has 0 amide bonds. The van der Waals surface area contributed by atoms with Crippen molar-refractivity contribution in [3.05, 3.63) is 35.4 Å². The van der Waals surface area contributed by atoms with Crippen LogP contribution in [-0.2, 0) is 11.2 Å². The van der Waals surface area contributed by atoms with Crippen LogP contribution in [0.1, 0.15) is 22.8 Å². The summed E-state index contributed by atoms with van der Waals surface area (Å²) in [5, 5.41) is 10.4. The van der Waals surface area contributed by atoms with Crippen LogP contribution >= 0.6 is 0 Å². The molecule has 1 fully saturated rings. The molecule has 0 saturated carbocycles. The number of aromatic nitrogens is 1. The zero-order valence-corrected chi connectivity index (χ0v) is 12.0. The zero-order chi connectivity index (χ0) is 14.8. The molecule has 3 rings (SSSR count). The number of benzene rings is 1. The monoisotopic (exact) mass is 286 g/mol. The molecule has 0 spiro atoms. The Bertz CT molecular complexity index is 679. The molecule has 2 aromatic rings. The standard InChI is InChI=1S/C16H18N2O3/c1-2-11-3-4-14-12(9-11)10-13(16(19)20)15(17-14)18-5-7-21-8-6-18/h3-4,9-10H,2,5-8H2,1H3,(H,19,20). The maximum absolute atomic E-state index is 11.6. The lowest BCUT2D eigenvalue weighted by Crippen LogP contribution is -2.37. The lowest BCUT2D eigenvalue weighted by atomic mass is 10.1. The third kappa shape index (κ3) is 2.69. The Hall–Kier alpha value is -2.14. The van der Waals surface area contributed by atoms with Crippen LogP contribution < -0.4 is 4.90 Å². The normalized spacial score (nSPS) is 15.4. The maximum atomic E-state index is 11.6. The third-order valence-electron chi connectivity index (χ3n) is 3.81. The predicted molar refractivity (Wildman–Crippen MR) is 81.1 cm³/mol. The molecule has 1 aromatic heterocycles. The van der Waals surface area contributed by atoms with E-state index in [-0.39, 0.29) is 5.56 Å². The highest BCUT2D eigenvalue weighted by Gasteiger charge is 2.21. The number of hydrogen-bond donors (Lipinski definition) is 1. The van der Waals surface area contributed by atoms with Gasteiger partial charge in [0.1, 0.15) is 11.4 Å². The molecule has 1 aromatic carbocycles. The average Bonchev–Trinajstić information content (AvgIpc) is 2.53. The lowest BCUT2D eigenvalue weighted by Gasteiger charge is -2.29. The molecule has 0 atom stereocenters. The van der Waals surface area contributed by atoms with Gasteiger partial charge in [0.15, 0.2) is 0 Å². The van der Waals surface area contributed by atoms with Gasteiger partial charge < -0.3 is 14.7 Å². The number of aromatic carboxylic acids is 1. The minimum atomic E-state index is -0.937. The molecule has 1 N–H and O–H groups in total. The largest absolute Gasteiger partial charge is 0.478 e. The van der Waals surface area contributed by atoms with Crippen molar-refractivity contribution < 1.29 is 14.6 Å². The Balaban J connectivity index is 2.13. The fourth-order valence-electron chi connectivity index (χ4n) is 2.61. The second-order valence-corrected chi connectivity index (χ2v) is 5.14. The van der Waals surface area contributed by atoms with E-state index in [9.17, 15) is 9.90 Å². The summed E-state index contributed by atoms with van der Waals surface area (Å²) in [4.78, 5) is 18.1. The van der Waals surface area contributed by atoms with Gasteiger partial charge in [-0.05, 0) is 30.2 Å². The second-order valence-electron chi connectivity index (χ2n) is 5.14. The van der Waals surface area contributed by atoms with Gasteiger partial charge in [0.2, 0.25) is 0 Å². The van der Waals surface area contributed by atoms with Crippen LogP contribution in [0.25, 0.3) is 10.9 Å². The minimum Gasteiger partial charge on any atom is -0.478 e. The number of pyridine rings is 1. The molecule has 1 saturated heterocycles. The molecule has 0 unspecified atom stereocenters. The number of anilines is 1. The second kappa shape index (κ2) is 5.69. The number of morpholine rings is 1. The van der Waals surface area contributed by atoms with Gasteiger partial charge in [0, 0.05) is 18.5 Å². The number of carboxylic acids is 1. The van der Waals surface area contributed by atoms with Gasteiger partial charge in [0.05, 0.1) is 18.7 Å². The molecular weight excluding hydrogens is 268 g/mol. The third-order valence-corrected chi connectivity index (χ3v) is 3.81. The van der Waals surface area contributed by atoms with Crippen LogP contribution in [0.2, 0.25) is 0 Å². The summed E-state index contributed by atoms with van der Waals surface area (Å²) < 4.78 is 5.32. The Morgan fingerprint density at radius 2 is 2.10 bits per heavy atom. The lowest BCUT2D eigenvalue weighted by molar-refractivity contribution is 0.0696. The van der Waals surface area contributed by atoms with Gasteiger partial charge in [-0.1, -0.05) is 13.0 Å². The van der Waals surface area contributed by atoms with E-state index in [0.29, 0.717) is 32.1 Å². The Kier molecular flexibility index (Phi) is 3.75. The van der Waals surface area contributed by atoms with Crippen LogP contribution in [-0.4, -0.2) is 42.4 Å². The maximum Gasteiger partial charge on any atom is 0.339 e. The first-order valence-corrected chi connectivity index (χ1v) is 7.18. The highest BCUT2D eigenvalue weighted by atomic mass is 16.5. The van der Waals surface area contributed by atoms with Crippen molar-refractivity contribution in [1.82, 2.24) is 4.98 Å². The summed E-state index contributed by atoms with van der Waals surface area (Å²) >= 11 is 0. The minimum absolute atomic E-state index is 0.262. The molecule has 0 bridgehead atoms. The quantitative estimate of drug-likeness (QED) is 0.938. The summed E-state index contributed by atoms with van der Waals surface area (Å²) in [6, 6.07) is 7.75. The first-order chi connectivity index (χ1) is 10.2.